The number of aromatic nitrogens is 2. The fourth-order valence-corrected chi connectivity index (χ4v) is 2.05. The van der Waals surface area contributed by atoms with Gasteiger partial charge in [-0.3, -0.25) is 4.79 Å². The Morgan fingerprint density at radius 3 is 2.55 bits per heavy atom. The number of nitrogens with two attached hydrogens (primary N) is 1. The van der Waals surface area contributed by atoms with Crippen molar-refractivity contribution in [1.29, 1.82) is 0 Å². The molecule has 5 heteroatoms. The van der Waals surface area contributed by atoms with Crippen LogP contribution in [0.25, 0.3) is 0 Å². The molecule has 2 N–H and O–H groups in total. The molecule has 0 saturated heterocycles. The Morgan fingerprint density at radius 2 is 1.95 bits per heavy atom. The van der Waals surface area contributed by atoms with E-state index >= 15 is 0 Å². The van der Waals surface area contributed by atoms with Crippen molar-refractivity contribution in [3.63, 3.8) is 0 Å². The smallest absolute Gasteiger partial charge is 0.293 e. The predicted molar refractivity (Wildman–Crippen MR) is 81.8 cm³/mol. The SMILES string of the molecule is CC(C)n1ccnc(N(C)Cc2ccc(N)cc2)c1=O. The van der Waals surface area contributed by atoms with Crippen LogP contribution in [0.5, 0.6) is 0 Å². The van der Waals surface area contributed by atoms with Crippen molar-refractivity contribution in [3.8, 4) is 0 Å². The third-order valence-corrected chi connectivity index (χ3v) is 3.17. The van der Waals surface area contributed by atoms with Crippen LogP contribution in [0.15, 0.2) is 41.5 Å². The van der Waals surface area contributed by atoms with Gasteiger partial charge in [0.15, 0.2) is 5.82 Å². The Balaban J connectivity index is 2.25. The average Bonchev–Trinajstić information content (AvgIpc) is 2.41. The maximum Gasteiger partial charge on any atom is 0.293 e. The molecule has 20 heavy (non-hydrogen) atoms. The molecule has 106 valence electrons. The van der Waals surface area contributed by atoms with Crippen molar-refractivity contribution in [1.82, 2.24) is 9.55 Å². The highest BCUT2D eigenvalue weighted by atomic mass is 16.1. The highest BCUT2D eigenvalue weighted by Gasteiger charge is 2.11. The van der Waals surface area contributed by atoms with Gasteiger partial charge < -0.3 is 15.2 Å². The van der Waals surface area contributed by atoms with E-state index in [0.717, 1.165) is 11.3 Å². The zero-order valence-corrected chi connectivity index (χ0v) is 12.1. The molecule has 0 unspecified atom stereocenters. The minimum absolute atomic E-state index is 0.0690. The third kappa shape index (κ3) is 2.99. The summed E-state index contributed by atoms with van der Waals surface area (Å²) in [5.41, 5.74) is 7.42. The maximum absolute atomic E-state index is 12.3. The Bertz CT molecular complexity index is 631. The van der Waals surface area contributed by atoms with Gasteiger partial charge in [-0.05, 0) is 31.5 Å². The summed E-state index contributed by atoms with van der Waals surface area (Å²) < 4.78 is 1.68. The molecule has 2 rings (SSSR count). The highest BCUT2D eigenvalue weighted by Crippen LogP contribution is 2.11. The zero-order valence-electron chi connectivity index (χ0n) is 12.1. The Labute approximate surface area is 118 Å². The van der Waals surface area contributed by atoms with E-state index in [0.29, 0.717) is 12.4 Å². The van der Waals surface area contributed by atoms with E-state index in [-0.39, 0.29) is 11.6 Å². The van der Waals surface area contributed by atoms with Gasteiger partial charge in [0, 0.05) is 37.7 Å². The molecule has 0 radical (unpaired) electrons. The molecule has 1 aromatic heterocycles. The van der Waals surface area contributed by atoms with Gasteiger partial charge in [-0.25, -0.2) is 4.98 Å². The van der Waals surface area contributed by atoms with Crippen LogP contribution >= 0.6 is 0 Å². The first-order chi connectivity index (χ1) is 9.49. The van der Waals surface area contributed by atoms with E-state index < -0.39 is 0 Å². The Morgan fingerprint density at radius 1 is 1.30 bits per heavy atom. The first kappa shape index (κ1) is 14.1. The topological polar surface area (TPSA) is 64.2 Å². The number of anilines is 2. The first-order valence-corrected chi connectivity index (χ1v) is 6.61. The van der Waals surface area contributed by atoms with Gasteiger partial charge >= 0.3 is 0 Å². The summed E-state index contributed by atoms with van der Waals surface area (Å²) >= 11 is 0. The fraction of sp³-hybridized carbons (Fsp3) is 0.333. The fourth-order valence-electron chi connectivity index (χ4n) is 2.05. The van der Waals surface area contributed by atoms with E-state index in [1.165, 1.54) is 0 Å². The van der Waals surface area contributed by atoms with Gasteiger partial charge in [0.25, 0.3) is 5.56 Å². The molecule has 0 fully saturated rings. The monoisotopic (exact) mass is 272 g/mol. The van der Waals surface area contributed by atoms with Crippen LogP contribution in [0, 0.1) is 0 Å². The number of nitrogen functional groups attached to an aromatic ring is 1. The first-order valence-electron chi connectivity index (χ1n) is 6.61. The van der Waals surface area contributed by atoms with Gasteiger partial charge in [-0.2, -0.15) is 0 Å². The highest BCUT2D eigenvalue weighted by molar-refractivity contribution is 5.41. The predicted octanol–water partition coefficient (Wildman–Crippen LogP) is 2.04. The summed E-state index contributed by atoms with van der Waals surface area (Å²) in [5, 5.41) is 0. The number of nitrogens with zero attached hydrogens (tertiary/aromatic N) is 3. The molecule has 0 spiro atoms. The van der Waals surface area contributed by atoms with Crippen molar-refractivity contribution < 1.29 is 0 Å². The quantitative estimate of drug-likeness (QED) is 0.865. The second-order valence-corrected chi connectivity index (χ2v) is 5.15. The molecule has 0 aliphatic carbocycles. The lowest BCUT2D eigenvalue weighted by atomic mass is 10.2. The van der Waals surface area contributed by atoms with Gasteiger partial charge in [0.05, 0.1) is 0 Å². The molecule has 5 nitrogen and oxygen atoms in total. The van der Waals surface area contributed by atoms with Gasteiger partial charge in [0.1, 0.15) is 0 Å². The number of rotatable bonds is 4. The standard InChI is InChI=1S/C15H20N4O/c1-11(2)19-9-8-17-14(15(19)20)18(3)10-12-4-6-13(16)7-5-12/h4-9,11H,10,16H2,1-3H3. The number of hydrogen-bond acceptors (Lipinski definition) is 4. The number of benzene rings is 1. The summed E-state index contributed by atoms with van der Waals surface area (Å²) in [6, 6.07) is 7.74. The molecule has 1 aromatic carbocycles. The molecule has 0 amide bonds. The number of hydrogen-bond donors (Lipinski definition) is 1. The van der Waals surface area contributed by atoms with Gasteiger partial charge in [-0.15, -0.1) is 0 Å². The molecule has 0 atom stereocenters. The van der Waals surface area contributed by atoms with Crippen LogP contribution in [0.4, 0.5) is 11.5 Å². The minimum Gasteiger partial charge on any atom is -0.399 e. The van der Waals surface area contributed by atoms with Gasteiger partial charge in [-0.1, -0.05) is 12.1 Å². The lowest BCUT2D eigenvalue weighted by Gasteiger charge is -2.19. The van der Waals surface area contributed by atoms with Crippen molar-refractivity contribution in [3.05, 3.63) is 52.6 Å². The molecule has 1 heterocycles. The normalized spacial score (nSPS) is 10.8. The lowest BCUT2D eigenvalue weighted by Crippen LogP contribution is -2.31. The van der Waals surface area contributed by atoms with Crippen molar-refractivity contribution in [2.45, 2.75) is 26.4 Å². The summed E-state index contributed by atoms with van der Waals surface area (Å²) in [6.07, 6.45) is 3.38. The minimum atomic E-state index is -0.0690. The molecule has 0 bridgehead atoms. The van der Waals surface area contributed by atoms with E-state index in [2.05, 4.69) is 4.98 Å². The van der Waals surface area contributed by atoms with Crippen LogP contribution in [0.3, 0.4) is 0 Å². The zero-order chi connectivity index (χ0) is 14.7. The van der Waals surface area contributed by atoms with Crippen LogP contribution in [0.1, 0.15) is 25.5 Å². The van der Waals surface area contributed by atoms with Crippen LogP contribution in [-0.2, 0) is 6.54 Å². The largest absolute Gasteiger partial charge is 0.399 e. The summed E-state index contributed by atoms with van der Waals surface area (Å²) in [5.74, 6) is 0.457. The van der Waals surface area contributed by atoms with Crippen LogP contribution < -0.4 is 16.2 Å². The van der Waals surface area contributed by atoms with Crippen molar-refractivity contribution in [2.24, 2.45) is 0 Å². The van der Waals surface area contributed by atoms with E-state index in [1.807, 2.05) is 50.1 Å². The summed E-state index contributed by atoms with van der Waals surface area (Å²) in [4.78, 5) is 18.4. The molecular formula is C15H20N4O. The molecule has 0 aliphatic heterocycles. The van der Waals surface area contributed by atoms with Crippen LogP contribution in [0.2, 0.25) is 0 Å². The van der Waals surface area contributed by atoms with E-state index in [1.54, 1.807) is 17.0 Å². The molecule has 0 aliphatic rings. The Hall–Kier alpha value is -2.30. The van der Waals surface area contributed by atoms with Crippen molar-refractivity contribution >= 4 is 11.5 Å². The maximum atomic E-state index is 12.3. The van der Waals surface area contributed by atoms with Crippen molar-refractivity contribution in [2.75, 3.05) is 17.7 Å². The van der Waals surface area contributed by atoms with E-state index in [9.17, 15) is 4.79 Å². The van der Waals surface area contributed by atoms with E-state index in [4.69, 9.17) is 5.73 Å². The molecular weight excluding hydrogens is 252 g/mol. The summed E-state index contributed by atoms with van der Waals surface area (Å²) in [7, 11) is 1.87. The second kappa shape index (κ2) is 5.77. The second-order valence-electron chi connectivity index (χ2n) is 5.15. The average molecular weight is 272 g/mol. The molecule has 0 saturated carbocycles. The third-order valence-electron chi connectivity index (χ3n) is 3.17. The van der Waals surface area contributed by atoms with Crippen LogP contribution in [-0.4, -0.2) is 16.6 Å². The summed E-state index contributed by atoms with van der Waals surface area (Å²) in [6.45, 7) is 4.57. The molecule has 2 aromatic rings. The Kier molecular flexibility index (Phi) is 4.08. The lowest BCUT2D eigenvalue weighted by molar-refractivity contribution is 0.572. The van der Waals surface area contributed by atoms with Gasteiger partial charge in [0.2, 0.25) is 0 Å².